The molecule has 1 aromatic rings. The molecule has 1 aromatic carbocycles. The monoisotopic (exact) mass is 281 g/mol. The molecule has 1 saturated carbocycles. The third-order valence-electron chi connectivity index (χ3n) is 3.91. The van der Waals surface area contributed by atoms with Crippen LogP contribution in [0.1, 0.15) is 44.0 Å². The van der Waals surface area contributed by atoms with Crippen molar-refractivity contribution in [3.63, 3.8) is 0 Å². The fourth-order valence-corrected chi connectivity index (χ4v) is 2.46. The van der Waals surface area contributed by atoms with Gasteiger partial charge in [0.15, 0.2) is 17.4 Å². The molecule has 0 radical (unpaired) electrons. The molecule has 2 nitrogen and oxygen atoms in total. The predicted molar refractivity (Wildman–Crippen MR) is 74.7 cm³/mol. The number of Topliss-reactive ketones (excluding diaryl/α,β-unsaturated/α-hetero) is 1. The molecule has 1 aliphatic carbocycles. The summed E-state index contributed by atoms with van der Waals surface area (Å²) in [4.78, 5) is 14.6. The van der Waals surface area contributed by atoms with E-state index in [4.69, 9.17) is 0 Å². The molecule has 1 unspecified atom stereocenters. The lowest BCUT2D eigenvalue weighted by molar-refractivity contribution is 0.0778. The standard InChI is InChI=1S/C16H21F2NO/c1-10(2)19(9-12-4-5-12)11(3)16(20)13-6-7-14(17)15(18)8-13/h6-8,10-12H,4-5,9H2,1-3H3. The maximum Gasteiger partial charge on any atom is 0.179 e. The molecule has 4 heteroatoms. The van der Waals surface area contributed by atoms with Gasteiger partial charge in [-0.1, -0.05) is 0 Å². The van der Waals surface area contributed by atoms with E-state index >= 15 is 0 Å². The van der Waals surface area contributed by atoms with E-state index in [2.05, 4.69) is 18.7 Å². The Morgan fingerprint density at radius 3 is 2.40 bits per heavy atom. The van der Waals surface area contributed by atoms with E-state index < -0.39 is 11.6 Å². The molecule has 0 spiro atoms. The van der Waals surface area contributed by atoms with Crippen LogP contribution in [-0.2, 0) is 0 Å². The van der Waals surface area contributed by atoms with Crippen LogP contribution in [-0.4, -0.2) is 29.3 Å². The van der Waals surface area contributed by atoms with Gasteiger partial charge in [0.2, 0.25) is 0 Å². The Balaban J connectivity index is 2.14. The van der Waals surface area contributed by atoms with Gasteiger partial charge in [-0.25, -0.2) is 8.78 Å². The number of carbonyl (C=O) groups is 1. The Bertz CT molecular complexity index is 497. The van der Waals surface area contributed by atoms with Crippen molar-refractivity contribution in [1.29, 1.82) is 0 Å². The van der Waals surface area contributed by atoms with Crippen molar-refractivity contribution < 1.29 is 13.6 Å². The van der Waals surface area contributed by atoms with Crippen molar-refractivity contribution in [2.45, 2.75) is 45.7 Å². The molecule has 1 aliphatic rings. The van der Waals surface area contributed by atoms with Crippen molar-refractivity contribution >= 4 is 5.78 Å². The number of ketones is 1. The van der Waals surface area contributed by atoms with Gasteiger partial charge in [0.1, 0.15) is 0 Å². The quantitative estimate of drug-likeness (QED) is 0.742. The Morgan fingerprint density at radius 1 is 1.25 bits per heavy atom. The molecule has 1 atom stereocenters. The van der Waals surface area contributed by atoms with Gasteiger partial charge < -0.3 is 0 Å². The van der Waals surface area contributed by atoms with E-state index in [1.165, 1.54) is 18.9 Å². The Kier molecular flexibility index (Phi) is 4.53. The van der Waals surface area contributed by atoms with Gasteiger partial charge in [0.25, 0.3) is 0 Å². The number of benzene rings is 1. The highest BCUT2D eigenvalue weighted by atomic mass is 19.2. The summed E-state index contributed by atoms with van der Waals surface area (Å²) in [6.07, 6.45) is 2.44. The van der Waals surface area contributed by atoms with Crippen LogP contribution in [0.2, 0.25) is 0 Å². The SMILES string of the molecule is CC(C)N(CC1CC1)C(C)C(=O)c1ccc(F)c(F)c1. The van der Waals surface area contributed by atoms with Gasteiger partial charge in [0, 0.05) is 18.2 Å². The van der Waals surface area contributed by atoms with Crippen LogP contribution in [0.25, 0.3) is 0 Å². The minimum absolute atomic E-state index is 0.154. The summed E-state index contributed by atoms with van der Waals surface area (Å²) >= 11 is 0. The van der Waals surface area contributed by atoms with Crippen molar-refractivity contribution in [3.05, 3.63) is 35.4 Å². The molecule has 20 heavy (non-hydrogen) atoms. The molecule has 0 bridgehead atoms. The van der Waals surface area contributed by atoms with Crippen molar-refractivity contribution in [3.8, 4) is 0 Å². The van der Waals surface area contributed by atoms with Crippen LogP contribution in [0, 0.1) is 17.6 Å². The highest BCUT2D eigenvalue weighted by Gasteiger charge is 2.31. The second-order valence-corrected chi connectivity index (χ2v) is 5.90. The number of rotatable bonds is 6. The molecule has 110 valence electrons. The molecule has 0 amide bonds. The molecule has 2 rings (SSSR count). The van der Waals surface area contributed by atoms with Crippen LogP contribution in [0.3, 0.4) is 0 Å². The van der Waals surface area contributed by atoms with Gasteiger partial charge in [0.05, 0.1) is 6.04 Å². The summed E-state index contributed by atoms with van der Waals surface area (Å²) in [6.45, 7) is 6.84. The third kappa shape index (κ3) is 3.42. The Morgan fingerprint density at radius 2 is 1.90 bits per heavy atom. The molecule has 1 fully saturated rings. The summed E-state index contributed by atoms with van der Waals surface area (Å²) in [5.41, 5.74) is 0.234. The zero-order chi connectivity index (χ0) is 14.9. The van der Waals surface area contributed by atoms with Crippen molar-refractivity contribution in [2.75, 3.05) is 6.54 Å². The minimum atomic E-state index is -0.971. The number of nitrogens with zero attached hydrogens (tertiary/aromatic N) is 1. The third-order valence-corrected chi connectivity index (χ3v) is 3.91. The number of hydrogen-bond acceptors (Lipinski definition) is 2. The zero-order valence-corrected chi connectivity index (χ0v) is 12.2. The highest BCUT2D eigenvalue weighted by Crippen LogP contribution is 2.31. The normalized spacial score (nSPS) is 16.8. The first kappa shape index (κ1) is 15.1. The van der Waals surface area contributed by atoms with E-state index in [9.17, 15) is 13.6 Å². The molecule has 0 saturated heterocycles. The lowest BCUT2D eigenvalue weighted by Crippen LogP contribution is -2.44. The van der Waals surface area contributed by atoms with Gasteiger partial charge in [-0.15, -0.1) is 0 Å². The molecule has 0 heterocycles. The second kappa shape index (κ2) is 6.00. The summed E-state index contributed by atoms with van der Waals surface area (Å²) in [5, 5.41) is 0. The number of hydrogen-bond donors (Lipinski definition) is 0. The topological polar surface area (TPSA) is 20.3 Å². The van der Waals surface area contributed by atoms with E-state index in [1.54, 1.807) is 0 Å². The maximum atomic E-state index is 13.2. The summed E-state index contributed by atoms with van der Waals surface area (Å²) < 4.78 is 26.2. The van der Waals surface area contributed by atoms with E-state index in [0.29, 0.717) is 5.92 Å². The molecular weight excluding hydrogens is 260 g/mol. The number of carbonyl (C=O) groups excluding carboxylic acids is 1. The van der Waals surface area contributed by atoms with E-state index in [-0.39, 0.29) is 23.4 Å². The second-order valence-electron chi connectivity index (χ2n) is 5.90. The Hall–Kier alpha value is -1.29. The van der Waals surface area contributed by atoms with Gasteiger partial charge in [-0.05, 0) is 57.7 Å². The predicted octanol–water partition coefficient (Wildman–Crippen LogP) is 3.66. The lowest BCUT2D eigenvalue weighted by atomic mass is 10.0. The van der Waals surface area contributed by atoms with Crippen LogP contribution in [0.5, 0.6) is 0 Å². The molecular formula is C16H21F2NO. The van der Waals surface area contributed by atoms with E-state index in [1.807, 2.05) is 6.92 Å². The minimum Gasteiger partial charge on any atom is -0.292 e. The summed E-state index contributed by atoms with van der Waals surface area (Å²) in [5.74, 6) is -1.37. The average Bonchev–Trinajstić information content (AvgIpc) is 3.21. The van der Waals surface area contributed by atoms with Crippen LogP contribution in [0.4, 0.5) is 8.78 Å². The molecule has 0 N–H and O–H groups in total. The van der Waals surface area contributed by atoms with Crippen LogP contribution in [0.15, 0.2) is 18.2 Å². The summed E-state index contributed by atoms with van der Waals surface area (Å²) in [7, 11) is 0. The first-order chi connectivity index (χ1) is 9.40. The highest BCUT2D eigenvalue weighted by molar-refractivity contribution is 5.99. The molecule has 0 aliphatic heterocycles. The van der Waals surface area contributed by atoms with Gasteiger partial charge in [-0.2, -0.15) is 0 Å². The smallest absolute Gasteiger partial charge is 0.179 e. The van der Waals surface area contributed by atoms with Crippen LogP contribution < -0.4 is 0 Å². The van der Waals surface area contributed by atoms with Gasteiger partial charge in [-0.3, -0.25) is 9.69 Å². The van der Waals surface area contributed by atoms with Crippen LogP contribution >= 0.6 is 0 Å². The zero-order valence-electron chi connectivity index (χ0n) is 12.2. The first-order valence-corrected chi connectivity index (χ1v) is 7.15. The molecule has 0 aromatic heterocycles. The number of halogens is 2. The fraction of sp³-hybridized carbons (Fsp3) is 0.562. The first-order valence-electron chi connectivity index (χ1n) is 7.15. The fourth-order valence-electron chi connectivity index (χ4n) is 2.46. The largest absolute Gasteiger partial charge is 0.292 e. The van der Waals surface area contributed by atoms with Crippen molar-refractivity contribution in [1.82, 2.24) is 4.90 Å². The Labute approximate surface area is 118 Å². The van der Waals surface area contributed by atoms with Gasteiger partial charge >= 0.3 is 0 Å². The average molecular weight is 281 g/mol. The van der Waals surface area contributed by atoms with Crippen molar-refractivity contribution in [2.24, 2.45) is 5.92 Å². The van der Waals surface area contributed by atoms with E-state index in [0.717, 1.165) is 18.7 Å². The summed E-state index contributed by atoms with van der Waals surface area (Å²) in [6, 6.07) is 3.28. The maximum absolute atomic E-state index is 13.2. The lowest BCUT2D eigenvalue weighted by Gasteiger charge is -2.32.